The van der Waals surface area contributed by atoms with Crippen LogP contribution in [0.5, 0.6) is 0 Å². The summed E-state index contributed by atoms with van der Waals surface area (Å²) in [5.74, 6) is -0.767. The van der Waals surface area contributed by atoms with Crippen molar-refractivity contribution in [1.82, 2.24) is 24.8 Å². The fourth-order valence-corrected chi connectivity index (χ4v) is 3.51. The van der Waals surface area contributed by atoms with E-state index in [-0.39, 0.29) is 36.3 Å². The molecule has 0 aliphatic rings. The molecule has 4 aromatic rings. The summed E-state index contributed by atoms with van der Waals surface area (Å²) in [6, 6.07) is 9.78. The molecule has 0 atom stereocenters. The lowest BCUT2D eigenvalue weighted by Gasteiger charge is -2.09. The van der Waals surface area contributed by atoms with Gasteiger partial charge in [0.2, 0.25) is 0 Å². The molecule has 4 rings (SSSR count). The van der Waals surface area contributed by atoms with Gasteiger partial charge < -0.3 is 29.4 Å². The average molecular weight is 524 g/mol. The van der Waals surface area contributed by atoms with E-state index in [1.165, 1.54) is 17.0 Å². The Labute approximate surface area is 218 Å². The number of aromatic amines is 2. The summed E-state index contributed by atoms with van der Waals surface area (Å²) >= 11 is 0. The molecule has 0 fully saturated rings. The molecule has 0 spiro atoms. The second-order valence-corrected chi connectivity index (χ2v) is 8.30. The van der Waals surface area contributed by atoms with Crippen LogP contribution in [-0.4, -0.2) is 81.1 Å². The Kier molecular flexibility index (Phi) is 9.14. The number of hydrogen-bond donors (Lipinski definition) is 3. The lowest BCUT2D eigenvalue weighted by atomic mass is 10.2. The first-order valence-corrected chi connectivity index (χ1v) is 11.8. The normalized spacial score (nSPS) is 10.5. The molecule has 0 saturated heterocycles. The molecule has 0 unspecified atom stereocenters. The maximum Gasteiger partial charge on any atom is 0.335 e. The predicted octanol–water partition coefficient (Wildman–Crippen LogP) is 2.74. The average Bonchev–Trinajstić information content (AvgIpc) is 3.45. The number of aromatic nitrogens is 4. The van der Waals surface area contributed by atoms with Crippen LogP contribution in [0.25, 0.3) is 22.1 Å². The topological polar surface area (TPSA) is 168 Å². The second kappa shape index (κ2) is 12.5. The third-order valence-electron chi connectivity index (χ3n) is 5.20. The van der Waals surface area contributed by atoms with Crippen LogP contribution in [0.3, 0.4) is 0 Å². The standard InChI is InChI=1S/C14H17N3O3.C12H12N2O4/c1-4-20-13(18)8-12-15-10-6-5-9(7-11(10)16-12)14(19)17(2)3;1-2-18-11(15)6-10-13-8-4-3-7(12(16)17)5-9(8)14-10/h5-7H,4,8H2,1-3H3,(H,15,16);3-5H,2,6H2,1H3,(H,13,14)(H,16,17). The molecule has 2 aromatic heterocycles. The highest BCUT2D eigenvalue weighted by atomic mass is 16.5. The minimum absolute atomic E-state index is 0.0466. The number of rotatable bonds is 8. The van der Waals surface area contributed by atoms with Gasteiger partial charge in [-0.3, -0.25) is 14.4 Å². The number of ether oxygens (including phenoxy) is 2. The van der Waals surface area contributed by atoms with Gasteiger partial charge in [0.15, 0.2) is 0 Å². The number of aromatic carboxylic acids is 1. The fraction of sp³-hybridized carbons (Fsp3) is 0.308. The number of benzene rings is 2. The summed E-state index contributed by atoms with van der Waals surface area (Å²) in [7, 11) is 3.40. The van der Waals surface area contributed by atoms with Crippen LogP contribution in [0.4, 0.5) is 0 Å². The van der Waals surface area contributed by atoms with E-state index in [9.17, 15) is 19.2 Å². The third kappa shape index (κ3) is 7.15. The number of fused-ring (bicyclic) bond motifs is 2. The molecule has 3 N–H and O–H groups in total. The maximum atomic E-state index is 11.9. The van der Waals surface area contributed by atoms with E-state index in [2.05, 4.69) is 19.9 Å². The maximum absolute atomic E-state index is 11.9. The van der Waals surface area contributed by atoms with Gasteiger partial charge in [0.05, 0.1) is 40.8 Å². The van der Waals surface area contributed by atoms with Crippen LogP contribution in [0.2, 0.25) is 0 Å². The molecule has 0 aliphatic carbocycles. The lowest BCUT2D eigenvalue weighted by molar-refractivity contribution is -0.143. The van der Waals surface area contributed by atoms with Gasteiger partial charge in [-0.2, -0.15) is 0 Å². The lowest BCUT2D eigenvalue weighted by Crippen LogP contribution is -2.21. The summed E-state index contributed by atoms with van der Waals surface area (Å²) in [4.78, 5) is 61.3. The van der Waals surface area contributed by atoms with Gasteiger partial charge in [-0.15, -0.1) is 0 Å². The highest BCUT2D eigenvalue weighted by Gasteiger charge is 2.13. The van der Waals surface area contributed by atoms with Crippen LogP contribution < -0.4 is 0 Å². The molecule has 12 nitrogen and oxygen atoms in total. The predicted molar refractivity (Wildman–Crippen MR) is 138 cm³/mol. The van der Waals surface area contributed by atoms with Gasteiger partial charge in [0, 0.05) is 19.7 Å². The van der Waals surface area contributed by atoms with Crippen molar-refractivity contribution < 1.29 is 33.8 Å². The second-order valence-electron chi connectivity index (χ2n) is 8.30. The Balaban J connectivity index is 0.000000212. The number of carbonyl (C=O) groups excluding carboxylic acids is 3. The summed E-state index contributed by atoms with van der Waals surface area (Å²) in [5.41, 5.74) is 3.42. The van der Waals surface area contributed by atoms with E-state index in [1.54, 1.807) is 52.2 Å². The van der Waals surface area contributed by atoms with Gasteiger partial charge in [-0.25, -0.2) is 14.8 Å². The number of H-pyrrole nitrogens is 2. The Morgan fingerprint density at radius 2 is 1.24 bits per heavy atom. The molecule has 200 valence electrons. The zero-order chi connectivity index (χ0) is 27.8. The van der Waals surface area contributed by atoms with E-state index in [0.29, 0.717) is 41.5 Å². The number of imidazole rings is 2. The number of carbonyl (C=O) groups is 4. The van der Waals surface area contributed by atoms with Crippen LogP contribution in [0, 0.1) is 0 Å². The summed E-state index contributed by atoms with van der Waals surface area (Å²) in [5, 5.41) is 8.86. The van der Waals surface area contributed by atoms with Crippen molar-refractivity contribution in [2.24, 2.45) is 0 Å². The minimum Gasteiger partial charge on any atom is -0.478 e. The quantitative estimate of drug-likeness (QED) is 0.294. The first kappa shape index (κ1) is 27.8. The van der Waals surface area contributed by atoms with Crippen molar-refractivity contribution in [2.45, 2.75) is 26.7 Å². The number of esters is 2. The van der Waals surface area contributed by atoms with Crippen LogP contribution in [-0.2, 0) is 31.9 Å². The number of carboxylic acid groups (broad SMARTS) is 1. The van der Waals surface area contributed by atoms with Gasteiger partial charge in [0.25, 0.3) is 5.91 Å². The van der Waals surface area contributed by atoms with Gasteiger partial charge >= 0.3 is 17.9 Å². The van der Waals surface area contributed by atoms with Crippen LogP contribution in [0.15, 0.2) is 36.4 Å². The largest absolute Gasteiger partial charge is 0.478 e. The molecule has 1 amide bonds. The highest BCUT2D eigenvalue weighted by Crippen LogP contribution is 2.16. The van der Waals surface area contributed by atoms with E-state index in [4.69, 9.17) is 14.6 Å². The zero-order valence-electron chi connectivity index (χ0n) is 21.5. The van der Waals surface area contributed by atoms with E-state index >= 15 is 0 Å². The zero-order valence-corrected chi connectivity index (χ0v) is 21.5. The highest BCUT2D eigenvalue weighted by molar-refractivity contribution is 5.97. The van der Waals surface area contributed by atoms with Gasteiger partial charge in [0.1, 0.15) is 24.5 Å². The van der Waals surface area contributed by atoms with Gasteiger partial charge in [-0.05, 0) is 50.2 Å². The SMILES string of the molecule is CCOC(=O)Cc1nc2ccc(C(=O)N(C)C)cc2[nH]1.CCOC(=O)Cc1nc2ccc(C(=O)O)cc2[nH]1. The molecule has 0 radical (unpaired) electrons. The molecule has 0 saturated carbocycles. The molecule has 2 heterocycles. The summed E-state index contributed by atoms with van der Waals surface area (Å²) < 4.78 is 9.69. The number of nitrogens with one attached hydrogen (secondary N) is 2. The Morgan fingerprint density at radius 1 is 0.789 bits per heavy atom. The van der Waals surface area contributed by atoms with E-state index in [1.807, 2.05) is 0 Å². The summed E-state index contributed by atoms with van der Waals surface area (Å²) in [6.45, 7) is 4.16. The first-order valence-electron chi connectivity index (χ1n) is 11.8. The van der Waals surface area contributed by atoms with Crippen molar-refractivity contribution in [2.75, 3.05) is 27.3 Å². The van der Waals surface area contributed by atoms with Crippen molar-refractivity contribution in [3.63, 3.8) is 0 Å². The third-order valence-corrected chi connectivity index (χ3v) is 5.20. The Hall–Kier alpha value is -4.74. The van der Waals surface area contributed by atoms with Crippen LogP contribution >= 0.6 is 0 Å². The molecule has 38 heavy (non-hydrogen) atoms. The summed E-state index contributed by atoms with van der Waals surface area (Å²) in [6.07, 6.45) is 0.143. The monoisotopic (exact) mass is 523 g/mol. The van der Waals surface area contributed by atoms with Gasteiger partial charge in [-0.1, -0.05) is 0 Å². The van der Waals surface area contributed by atoms with Crippen molar-refractivity contribution in [1.29, 1.82) is 0 Å². The number of carboxylic acids is 1. The molecular formula is C26H29N5O7. The molecule has 12 heteroatoms. The van der Waals surface area contributed by atoms with Crippen LogP contribution in [0.1, 0.15) is 46.2 Å². The Bertz CT molecular complexity index is 1470. The smallest absolute Gasteiger partial charge is 0.335 e. The molecule has 0 bridgehead atoms. The number of nitrogens with zero attached hydrogens (tertiary/aromatic N) is 3. The van der Waals surface area contributed by atoms with E-state index < -0.39 is 5.97 Å². The van der Waals surface area contributed by atoms with Crippen molar-refractivity contribution in [3.8, 4) is 0 Å². The fourth-order valence-electron chi connectivity index (χ4n) is 3.51. The van der Waals surface area contributed by atoms with E-state index in [0.717, 1.165) is 11.0 Å². The number of hydrogen-bond acceptors (Lipinski definition) is 8. The number of amides is 1. The van der Waals surface area contributed by atoms with Crippen molar-refractivity contribution in [3.05, 3.63) is 59.2 Å². The molecule has 2 aromatic carbocycles. The molecule has 0 aliphatic heterocycles. The Morgan fingerprint density at radius 3 is 1.66 bits per heavy atom. The minimum atomic E-state index is -1.00. The first-order chi connectivity index (χ1) is 18.1. The molecular weight excluding hydrogens is 494 g/mol. The van der Waals surface area contributed by atoms with Crippen molar-refractivity contribution >= 4 is 45.9 Å².